The molecule has 0 saturated carbocycles. The van der Waals surface area contributed by atoms with Crippen molar-refractivity contribution >= 4 is 0 Å². The summed E-state index contributed by atoms with van der Waals surface area (Å²) in [4.78, 5) is 0. The predicted molar refractivity (Wildman–Crippen MR) is 78.1 cm³/mol. The Morgan fingerprint density at radius 2 is 1.47 bits per heavy atom. The van der Waals surface area contributed by atoms with E-state index in [4.69, 9.17) is 4.42 Å². The summed E-state index contributed by atoms with van der Waals surface area (Å²) in [5.74, 6) is 1.95. The second-order valence-electron chi connectivity index (χ2n) is 4.72. The van der Waals surface area contributed by atoms with Crippen LogP contribution in [0.5, 0.6) is 0 Å². The topological polar surface area (TPSA) is 13.1 Å². The van der Waals surface area contributed by atoms with E-state index in [1.807, 2.05) is 31.2 Å². The van der Waals surface area contributed by atoms with Gasteiger partial charge in [-0.05, 0) is 24.1 Å². The van der Waals surface area contributed by atoms with E-state index in [0.717, 1.165) is 23.5 Å². The molecule has 3 aromatic rings. The van der Waals surface area contributed by atoms with Gasteiger partial charge in [0.2, 0.25) is 0 Å². The van der Waals surface area contributed by atoms with Gasteiger partial charge < -0.3 is 4.42 Å². The molecule has 0 spiro atoms. The van der Waals surface area contributed by atoms with Crippen LogP contribution in [0, 0.1) is 6.92 Å². The van der Waals surface area contributed by atoms with E-state index in [1.54, 1.807) is 0 Å². The third-order valence-corrected chi connectivity index (χ3v) is 3.32. The lowest BCUT2D eigenvalue weighted by atomic mass is 10.0. The molecule has 0 bridgehead atoms. The first-order valence-electron chi connectivity index (χ1n) is 6.51. The van der Waals surface area contributed by atoms with Gasteiger partial charge in [0.1, 0.15) is 11.5 Å². The quantitative estimate of drug-likeness (QED) is 0.646. The van der Waals surface area contributed by atoms with Crippen molar-refractivity contribution in [1.29, 1.82) is 0 Å². The maximum Gasteiger partial charge on any atom is 0.134 e. The lowest BCUT2D eigenvalue weighted by molar-refractivity contribution is 0.544. The number of benzene rings is 2. The highest BCUT2D eigenvalue weighted by molar-refractivity contribution is 5.59. The van der Waals surface area contributed by atoms with E-state index in [-0.39, 0.29) is 0 Å². The van der Waals surface area contributed by atoms with Crippen molar-refractivity contribution in [3.8, 4) is 11.3 Å². The molecule has 3 rings (SSSR count). The van der Waals surface area contributed by atoms with Crippen LogP contribution < -0.4 is 0 Å². The number of furan rings is 1. The Hall–Kier alpha value is -2.28. The monoisotopic (exact) mass is 248 g/mol. The van der Waals surface area contributed by atoms with E-state index >= 15 is 0 Å². The second kappa shape index (κ2) is 5.15. The van der Waals surface area contributed by atoms with Crippen LogP contribution in [0.4, 0.5) is 0 Å². The summed E-state index contributed by atoms with van der Waals surface area (Å²) in [5, 5.41) is 0. The molecule has 1 aromatic heterocycles. The molecule has 19 heavy (non-hydrogen) atoms. The molecule has 0 aliphatic rings. The maximum absolute atomic E-state index is 5.87. The van der Waals surface area contributed by atoms with Gasteiger partial charge in [-0.2, -0.15) is 0 Å². The van der Waals surface area contributed by atoms with Crippen molar-refractivity contribution < 1.29 is 4.42 Å². The zero-order valence-corrected chi connectivity index (χ0v) is 11.0. The van der Waals surface area contributed by atoms with Gasteiger partial charge in [-0.3, -0.25) is 0 Å². The zero-order valence-electron chi connectivity index (χ0n) is 11.0. The largest absolute Gasteiger partial charge is 0.461 e. The van der Waals surface area contributed by atoms with E-state index in [1.165, 1.54) is 11.1 Å². The van der Waals surface area contributed by atoms with Crippen LogP contribution in [-0.2, 0) is 6.42 Å². The number of hydrogen-bond donors (Lipinski definition) is 0. The molecular weight excluding hydrogens is 232 g/mol. The summed E-state index contributed by atoms with van der Waals surface area (Å²) < 4.78 is 5.87. The molecule has 1 heterocycles. The molecule has 94 valence electrons. The Morgan fingerprint density at radius 3 is 2.16 bits per heavy atom. The van der Waals surface area contributed by atoms with Crippen LogP contribution in [0.3, 0.4) is 0 Å². The summed E-state index contributed by atoms with van der Waals surface area (Å²) in [7, 11) is 0. The third-order valence-electron chi connectivity index (χ3n) is 3.32. The van der Waals surface area contributed by atoms with E-state index < -0.39 is 0 Å². The second-order valence-corrected chi connectivity index (χ2v) is 4.72. The number of hydrogen-bond acceptors (Lipinski definition) is 1. The number of rotatable bonds is 3. The average Bonchev–Trinajstić information content (AvgIpc) is 2.82. The lowest BCUT2D eigenvalue weighted by Crippen LogP contribution is -1.86. The van der Waals surface area contributed by atoms with E-state index in [2.05, 4.69) is 42.5 Å². The summed E-state index contributed by atoms with van der Waals surface area (Å²) in [6, 6.07) is 22.9. The summed E-state index contributed by atoms with van der Waals surface area (Å²) in [6.45, 7) is 2.03. The molecule has 0 saturated heterocycles. The third kappa shape index (κ3) is 2.60. The SMILES string of the molecule is Cc1oc(-c2ccccc2)cc1Cc1ccccc1. The molecule has 0 N–H and O–H groups in total. The molecule has 2 aromatic carbocycles. The van der Waals surface area contributed by atoms with Gasteiger partial charge >= 0.3 is 0 Å². The van der Waals surface area contributed by atoms with Crippen molar-refractivity contribution in [3.05, 3.63) is 83.6 Å². The van der Waals surface area contributed by atoms with Gasteiger partial charge in [0.15, 0.2) is 0 Å². The minimum atomic E-state index is 0.920. The smallest absolute Gasteiger partial charge is 0.134 e. The fraction of sp³-hybridized carbons (Fsp3) is 0.111. The van der Waals surface area contributed by atoms with Crippen molar-refractivity contribution in [2.75, 3.05) is 0 Å². The molecule has 1 nitrogen and oxygen atoms in total. The Bertz CT molecular complexity index is 651. The van der Waals surface area contributed by atoms with Crippen molar-refractivity contribution in [2.24, 2.45) is 0 Å². The van der Waals surface area contributed by atoms with Crippen molar-refractivity contribution in [3.63, 3.8) is 0 Å². The normalized spacial score (nSPS) is 10.6. The van der Waals surface area contributed by atoms with Crippen LogP contribution in [0.2, 0.25) is 0 Å². The van der Waals surface area contributed by atoms with E-state index in [0.29, 0.717) is 0 Å². The summed E-state index contributed by atoms with van der Waals surface area (Å²) >= 11 is 0. The fourth-order valence-corrected chi connectivity index (χ4v) is 2.26. The molecule has 0 aliphatic carbocycles. The minimum Gasteiger partial charge on any atom is -0.461 e. The predicted octanol–water partition coefficient (Wildman–Crippen LogP) is 4.85. The Labute approximate surface area is 113 Å². The average molecular weight is 248 g/mol. The zero-order chi connectivity index (χ0) is 13.1. The first kappa shape index (κ1) is 11.8. The Balaban J connectivity index is 1.90. The highest BCUT2D eigenvalue weighted by atomic mass is 16.3. The molecule has 0 aliphatic heterocycles. The van der Waals surface area contributed by atoms with E-state index in [9.17, 15) is 0 Å². The molecule has 1 heteroatoms. The Morgan fingerprint density at radius 1 is 0.842 bits per heavy atom. The van der Waals surface area contributed by atoms with Crippen LogP contribution in [0.1, 0.15) is 16.9 Å². The molecule has 0 amide bonds. The van der Waals surface area contributed by atoms with Crippen molar-refractivity contribution in [2.45, 2.75) is 13.3 Å². The molecule has 0 radical (unpaired) electrons. The van der Waals surface area contributed by atoms with Gasteiger partial charge in [0.05, 0.1) is 0 Å². The summed E-state index contributed by atoms with van der Waals surface area (Å²) in [5.41, 5.74) is 3.70. The Kier molecular flexibility index (Phi) is 3.20. The van der Waals surface area contributed by atoms with Crippen LogP contribution in [0.15, 0.2) is 71.1 Å². The molecule has 0 fully saturated rings. The van der Waals surface area contributed by atoms with Gasteiger partial charge in [-0.1, -0.05) is 60.7 Å². The lowest BCUT2D eigenvalue weighted by Gasteiger charge is -1.98. The van der Waals surface area contributed by atoms with Gasteiger partial charge in [-0.25, -0.2) is 0 Å². The standard InChI is InChI=1S/C18H16O/c1-14-17(12-15-8-4-2-5-9-15)13-18(19-14)16-10-6-3-7-11-16/h2-11,13H,12H2,1H3. The highest BCUT2D eigenvalue weighted by Gasteiger charge is 2.09. The maximum atomic E-state index is 5.87. The molecule has 0 unspecified atom stereocenters. The molecular formula is C18H16O. The van der Waals surface area contributed by atoms with Gasteiger partial charge in [-0.15, -0.1) is 0 Å². The highest BCUT2D eigenvalue weighted by Crippen LogP contribution is 2.26. The fourth-order valence-electron chi connectivity index (χ4n) is 2.26. The van der Waals surface area contributed by atoms with Crippen LogP contribution in [0.25, 0.3) is 11.3 Å². The first-order chi connectivity index (χ1) is 9.33. The van der Waals surface area contributed by atoms with Crippen LogP contribution in [-0.4, -0.2) is 0 Å². The minimum absolute atomic E-state index is 0.920. The van der Waals surface area contributed by atoms with Gasteiger partial charge in [0.25, 0.3) is 0 Å². The van der Waals surface area contributed by atoms with Gasteiger partial charge in [0, 0.05) is 12.0 Å². The molecule has 0 atom stereocenters. The van der Waals surface area contributed by atoms with Crippen molar-refractivity contribution in [1.82, 2.24) is 0 Å². The summed E-state index contributed by atoms with van der Waals surface area (Å²) in [6.07, 6.45) is 0.920. The first-order valence-corrected chi connectivity index (χ1v) is 6.51. The number of aryl methyl sites for hydroxylation is 1. The van der Waals surface area contributed by atoms with Crippen LogP contribution >= 0.6 is 0 Å².